The quantitative estimate of drug-likeness (QED) is 0.521. The highest BCUT2D eigenvalue weighted by Crippen LogP contribution is 2.18. The highest BCUT2D eigenvalue weighted by Gasteiger charge is 2.05. The van der Waals surface area contributed by atoms with Gasteiger partial charge in [0.05, 0.1) is 0 Å². The zero-order valence-corrected chi connectivity index (χ0v) is 16.2. The first-order chi connectivity index (χ1) is 12.3. The number of carbonyl (C=O) groups excluding carboxylic acids is 1. The second kappa shape index (κ2) is 13.0. The monoisotopic (exact) mass is 360 g/mol. The Morgan fingerprint density at radius 1 is 0.880 bits per heavy atom. The number of hydrogen-bond acceptors (Lipinski definition) is 3. The van der Waals surface area contributed by atoms with E-state index in [0.717, 1.165) is 18.6 Å². The fourth-order valence-electron chi connectivity index (χ4n) is 3.11. The topological polar surface area (TPSA) is 41.5 Å². The summed E-state index contributed by atoms with van der Waals surface area (Å²) in [6.07, 6.45) is 14.4. The van der Waals surface area contributed by atoms with Crippen LogP contribution in [0.15, 0.2) is 40.3 Å². The van der Waals surface area contributed by atoms with Crippen molar-refractivity contribution >= 4 is 23.4 Å². The van der Waals surface area contributed by atoms with E-state index in [1.54, 1.807) is 11.8 Å². The summed E-state index contributed by atoms with van der Waals surface area (Å²) in [6, 6.07) is 10.2. The molecule has 2 rings (SSSR count). The van der Waals surface area contributed by atoms with Gasteiger partial charge in [0.25, 0.3) is 0 Å². The van der Waals surface area contributed by atoms with Crippen LogP contribution in [-0.2, 0) is 4.79 Å². The first-order valence-corrected chi connectivity index (χ1v) is 10.9. The maximum atomic E-state index is 12.0. The van der Waals surface area contributed by atoms with E-state index in [4.69, 9.17) is 0 Å². The molecule has 138 valence electrons. The molecule has 1 fully saturated rings. The van der Waals surface area contributed by atoms with Crippen LogP contribution in [-0.4, -0.2) is 17.4 Å². The average Bonchev–Trinajstić information content (AvgIpc) is 2.62. The molecule has 0 spiro atoms. The summed E-state index contributed by atoms with van der Waals surface area (Å²) in [5.74, 6) is 0.822. The molecule has 3 nitrogen and oxygen atoms in total. The van der Waals surface area contributed by atoms with E-state index in [9.17, 15) is 4.79 Å². The first-order valence-electron chi connectivity index (χ1n) is 9.87. The van der Waals surface area contributed by atoms with Gasteiger partial charge in [-0.1, -0.05) is 63.1 Å². The summed E-state index contributed by atoms with van der Waals surface area (Å²) < 4.78 is 0. The van der Waals surface area contributed by atoms with E-state index < -0.39 is 0 Å². The summed E-state index contributed by atoms with van der Waals surface area (Å²) in [6.45, 7) is 0. The third-order valence-corrected chi connectivity index (χ3v) is 5.62. The minimum absolute atomic E-state index is 0.0297. The molecule has 25 heavy (non-hydrogen) atoms. The molecule has 4 heteroatoms. The molecule has 1 aromatic carbocycles. The predicted molar refractivity (Wildman–Crippen MR) is 108 cm³/mol. The average molecular weight is 361 g/mol. The Morgan fingerprint density at radius 3 is 2.04 bits per heavy atom. The van der Waals surface area contributed by atoms with E-state index in [1.165, 1.54) is 68.4 Å². The molecule has 0 unspecified atom stereocenters. The Hall–Kier alpha value is -1.29. The molecule has 1 N–H and O–H groups in total. The fraction of sp³-hybridized carbons (Fsp3) is 0.619. The smallest absolute Gasteiger partial charge is 0.240 e. The lowest BCUT2D eigenvalue weighted by molar-refractivity contribution is -0.120. The van der Waals surface area contributed by atoms with Crippen molar-refractivity contribution in [1.29, 1.82) is 0 Å². The van der Waals surface area contributed by atoms with Gasteiger partial charge in [-0.2, -0.15) is 5.10 Å². The third-order valence-electron chi connectivity index (χ3n) is 4.61. The first kappa shape index (κ1) is 20.0. The molecule has 0 radical (unpaired) electrons. The third kappa shape index (κ3) is 9.69. The van der Waals surface area contributed by atoms with Crippen LogP contribution in [0.1, 0.15) is 77.0 Å². The van der Waals surface area contributed by atoms with Crippen molar-refractivity contribution in [2.75, 3.05) is 5.75 Å². The minimum Gasteiger partial charge on any atom is -0.273 e. The largest absolute Gasteiger partial charge is 0.273 e. The van der Waals surface area contributed by atoms with Crippen molar-refractivity contribution < 1.29 is 4.79 Å². The van der Waals surface area contributed by atoms with Gasteiger partial charge in [0.1, 0.15) is 0 Å². The molecular formula is C21H32N2OS. The lowest BCUT2D eigenvalue weighted by Gasteiger charge is -2.09. The normalized spacial score (nSPS) is 17.2. The lowest BCUT2D eigenvalue weighted by Crippen LogP contribution is -2.20. The molecule has 0 aromatic heterocycles. The van der Waals surface area contributed by atoms with E-state index in [2.05, 4.69) is 22.7 Å². The van der Waals surface area contributed by atoms with Crippen molar-refractivity contribution in [2.45, 2.75) is 81.9 Å². The van der Waals surface area contributed by atoms with Gasteiger partial charge in [-0.15, -0.1) is 11.8 Å². The molecule has 0 atom stereocenters. The Labute approximate surface area is 157 Å². The zero-order chi connectivity index (χ0) is 17.6. The van der Waals surface area contributed by atoms with Crippen LogP contribution in [0.25, 0.3) is 0 Å². The van der Waals surface area contributed by atoms with Crippen LogP contribution in [0.3, 0.4) is 0 Å². The van der Waals surface area contributed by atoms with Crippen LogP contribution in [0.2, 0.25) is 0 Å². The maximum Gasteiger partial charge on any atom is 0.240 e. The number of thioether (sulfide) groups is 1. The molecule has 1 saturated carbocycles. The van der Waals surface area contributed by atoms with E-state index in [1.807, 2.05) is 18.2 Å². The van der Waals surface area contributed by atoms with Crippen LogP contribution in [0.4, 0.5) is 0 Å². The van der Waals surface area contributed by atoms with Crippen LogP contribution < -0.4 is 5.43 Å². The second-order valence-corrected chi connectivity index (χ2v) is 7.97. The van der Waals surface area contributed by atoms with Crippen molar-refractivity contribution in [3.05, 3.63) is 30.3 Å². The number of nitrogens with zero attached hydrogens (tertiary/aromatic N) is 1. The van der Waals surface area contributed by atoms with Crippen LogP contribution in [0.5, 0.6) is 0 Å². The molecule has 1 aliphatic carbocycles. The van der Waals surface area contributed by atoms with Gasteiger partial charge in [0.15, 0.2) is 0 Å². The van der Waals surface area contributed by atoms with E-state index in [0.29, 0.717) is 6.42 Å². The maximum absolute atomic E-state index is 12.0. The van der Waals surface area contributed by atoms with Gasteiger partial charge in [0.2, 0.25) is 5.91 Å². The van der Waals surface area contributed by atoms with E-state index >= 15 is 0 Å². The minimum atomic E-state index is 0.0297. The number of hydrogen-bond donors (Lipinski definition) is 1. The van der Waals surface area contributed by atoms with Gasteiger partial charge in [-0.3, -0.25) is 4.79 Å². The summed E-state index contributed by atoms with van der Waals surface area (Å²) in [5.41, 5.74) is 3.97. The van der Waals surface area contributed by atoms with Gasteiger partial charge in [-0.25, -0.2) is 5.43 Å². The van der Waals surface area contributed by atoms with Crippen molar-refractivity contribution in [3.8, 4) is 0 Å². The van der Waals surface area contributed by atoms with Crippen molar-refractivity contribution in [1.82, 2.24) is 5.43 Å². The Bertz CT molecular complexity index is 502. The predicted octanol–water partition coefficient (Wildman–Crippen LogP) is 5.95. The molecule has 0 bridgehead atoms. The second-order valence-electron chi connectivity index (χ2n) is 6.81. The Balaban J connectivity index is 1.69. The summed E-state index contributed by atoms with van der Waals surface area (Å²) in [4.78, 5) is 13.2. The van der Waals surface area contributed by atoms with Crippen LogP contribution >= 0.6 is 11.8 Å². The number of rotatable bonds is 5. The van der Waals surface area contributed by atoms with Crippen molar-refractivity contribution in [3.63, 3.8) is 0 Å². The summed E-state index contributed by atoms with van der Waals surface area (Å²) in [7, 11) is 0. The highest BCUT2D eigenvalue weighted by atomic mass is 32.2. The molecular weight excluding hydrogens is 328 g/mol. The number of nitrogens with one attached hydrogen (secondary N) is 1. The molecule has 0 saturated heterocycles. The van der Waals surface area contributed by atoms with Gasteiger partial charge in [0, 0.05) is 22.8 Å². The number of benzene rings is 1. The fourth-order valence-corrected chi connectivity index (χ4v) is 3.98. The Kier molecular flexibility index (Phi) is 10.4. The Morgan fingerprint density at radius 2 is 1.44 bits per heavy atom. The molecule has 0 aliphatic heterocycles. The molecule has 1 amide bonds. The molecule has 0 heterocycles. The standard InChI is InChI=1S/C21H32N2OS/c24-21(17-18-25-20-15-11-8-12-16-20)23-22-19-13-9-6-4-2-1-3-5-7-10-14-19/h8,11-12,15-16H,1-7,9-10,13-14,17-18H2,(H,23,24). The van der Waals surface area contributed by atoms with E-state index in [-0.39, 0.29) is 5.91 Å². The SMILES string of the molecule is O=C(CCSc1ccccc1)NN=C1CCCCCCCCCCC1. The summed E-state index contributed by atoms with van der Waals surface area (Å²) in [5, 5.41) is 4.44. The lowest BCUT2D eigenvalue weighted by atomic mass is 10.00. The molecule has 1 aromatic rings. The highest BCUT2D eigenvalue weighted by molar-refractivity contribution is 7.99. The zero-order valence-electron chi connectivity index (χ0n) is 15.3. The number of amides is 1. The van der Waals surface area contributed by atoms with Crippen molar-refractivity contribution in [2.24, 2.45) is 5.10 Å². The van der Waals surface area contributed by atoms with Gasteiger partial charge < -0.3 is 0 Å². The van der Waals surface area contributed by atoms with Crippen LogP contribution in [0, 0.1) is 0 Å². The van der Waals surface area contributed by atoms with Gasteiger partial charge in [-0.05, 0) is 37.8 Å². The number of hydrazone groups is 1. The summed E-state index contributed by atoms with van der Waals surface area (Å²) >= 11 is 1.72. The number of carbonyl (C=O) groups is 1. The molecule has 1 aliphatic rings. The van der Waals surface area contributed by atoms with Gasteiger partial charge >= 0.3 is 0 Å².